The minimum atomic E-state index is -2.31. The fraction of sp³-hybridized carbons (Fsp3) is 0.643. The Balaban J connectivity index is 1.75. The predicted octanol–water partition coefficient (Wildman–Crippen LogP) is 0.188. The molecule has 0 aromatic heterocycles. The number of rotatable bonds is 4. The van der Waals surface area contributed by atoms with Gasteiger partial charge in [0.05, 0.1) is 37.4 Å². The SMILES string of the molecule is COC(=O)C12OCC34C(CC5=C(C)C(=O)C(O)=CC5(C)C3C(O)C1O)OC(=O)C(OC(=O)C(=C(C)C)C(C)O)C24. The Bertz CT molecular complexity index is 1300. The van der Waals surface area contributed by atoms with Gasteiger partial charge in [0.2, 0.25) is 17.5 Å². The number of ether oxygens (including phenoxy) is 4. The predicted molar refractivity (Wildman–Crippen MR) is 133 cm³/mol. The van der Waals surface area contributed by atoms with E-state index >= 15 is 0 Å². The molecule has 10 atom stereocenters. The smallest absolute Gasteiger partial charge is 0.348 e. The first-order valence-corrected chi connectivity index (χ1v) is 13.1. The van der Waals surface area contributed by atoms with E-state index in [0.717, 1.165) is 7.11 Å². The fourth-order valence-corrected chi connectivity index (χ4v) is 8.29. The van der Waals surface area contributed by atoms with Crippen molar-refractivity contribution in [3.8, 4) is 0 Å². The highest BCUT2D eigenvalue weighted by molar-refractivity contribution is 6.08. The Morgan fingerprint density at radius 3 is 2.40 bits per heavy atom. The highest BCUT2D eigenvalue weighted by Crippen LogP contribution is 2.71. The molecular formula is C28H34O12. The van der Waals surface area contributed by atoms with Crippen LogP contribution in [-0.4, -0.2) is 94.0 Å². The lowest BCUT2D eigenvalue weighted by molar-refractivity contribution is -0.272. The van der Waals surface area contributed by atoms with Crippen molar-refractivity contribution in [2.45, 2.75) is 77.2 Å². The van der Waals surface area contributed by atoms with Crippen LogP contribution in [0.1, 0.15) is 41.0 Å². The largest absolute Gasteiger partial charge is 0.504 e. The Labute approximate surface area is 230 Å². The van der Waals surface area contributed by atoms with Gasteiger partial charge in [0.15, 0.2) is 5.76 Å². The molecule has 5 aliphatic rings. The summed E-state index contributed by atoms with van der Waals surface area (Å²) in [6, 6.07) is 0. The molecule has 0 aromatic rings. The molecule has 10 unspecified atom stereocenters. The summed E-state index contributed by atoms with van der Waals surface area (Å²) in [6.45, 7) is 7.44. The molecule has 2 bridgehead atoms. The van der Waals surface area contributed by atoms with Gasteiger partial charge in [0.1, 0.15) is 12.2 Å². The number of allylic oxidation sites excluding steroid dienone is 3. The summed E-state index contributed by atoms with van der Waals surface area (Å²) < 4.78 is 22.6. The van der Waals surface area contributed by atoms with E-state index in [0.29, 0.717) is 11.1 Å². The van der Waals surface area contributed by atoms with Gasteiger partial charge in [-0.2, -0.15) is 0 Å². The molecule has 12 nitrogen and oxygen atoms in total. The average molecular weight is 563 g/mol. The minimum absolute atomic E-state index is 0.00752. The number of ketones is 1. The van der Waals surface area contributed by atoms with Crippen LogP contribution in [0.4, 0.5) is 0 Å². The third-order valence-corrected chi connectivity index (χ3v) is 9.74. The molecule has 4 N–H and O–H groups in total. The number of carbonyl (C=O) groups is 4. The number of esters is 3. The van der Waals surface area contributed by atoms with Crippen LogP contribution in [0.3, 0.4) is 0 Å². The first-order chi connectivity index (χ1) is 18.6. The third kappa shape index (κ3) is 3.27. The maximum absolute atomic E-state index is 13.6. The molecule has 5 rings (SSSR count). The lowest BCUT2D eigenvalue weighted by atomic mass is 9.40. The van der Waals surface area contributed by atoms with E-state index in [1.54, 1.807) is 20.8 Å². The van der Waals surface area contributed by atoms with Gasteiger partial charge in [-0.25, -0.2) is 14.4 Å². The summed E-state index contributed by atoms with van der Waals surface area (Å²) in [5.74, 6) is -6.71. The maximum atomic E-state index is 13.6. The van der Waals surface area contributed by atoms with Crippen LogP contribution >= 0.6 is 0 Å². The quantitative estimate of drug-likeness (QED) is 0.207. The van der Waals surface area contributed by atoms with Crippen LogP contribution in [0.2, 0.25) is 0 Å². The van der Waals surface area contributed by atoms with Crippen molar-refractivity contribution in [1.82, 2.24) is 0 Å². The van der Waals surface area contributed by atoms with Crippen molar-refractivity contribution in [2.75, 3.05) is 13.7 Å². The Morgan fingerprint density at radius 2 is 1.82 bits per heavy atom. The molecule has 12 heteroatoms. The maximum Gasteiger partial charge on any atom is 0.348 e. The number of methoxy groups -OCH3 is 1. The third-order valence-electron chi connectivity index (χ3n) is 9.74. The average Bonchev–Trinajstić information content (AvgIpc) is 3.17. The van der Waals surface area contributed by atoms with Crippen molar-refractivity contribution in [1.29, 1.82) is 0 Å². The van der Waals surface area contributed by atoms with Crippen molar-refractivity contribution in [3.05, 3.63) is 34.1 Å². The monoisotopic (exact) mass is 562 g/mol. The zero-order valence-corrected chi connectivity index (χ0v) is 23.1. The zero-order chi connectivity index (χ0) is 29.7. The molecule has 1 spiro atoms. The molecule has 2 saturated heterocycles. The standard InChI is InChI=1S/C28H34O12/c1-10(2)16(12(4)29)23(34)40-19-21-27-9-38-28(21,25(36)37-6)22(33)18(32)20(27)26(5)8-14(30)17(31)11(3)13(26)7-15(27)39-24(19)35/h8,12,15,18-22,29-30,32-33H,7,9H2,1-6H3. The lowest BCUT2D eigenvalue weighted by Gasteiger charge is -2.65. The summed E-state index contributed by atoms with van der Waals surface area (Å²) in [5.41, 5.74) is -3.92. The second-order valence-corrected chi connectivity index (χ2v) is 11.9. The Morgan fingerprint density at radius 1 is 1.18 bits per heavy atom. The van der Waals surface area contributed by atoms with Gasteiger partial charge in [-0.05, 0) is 39.3 Å². The van der Waals surface area contributed by atoms with Crippen molar-refractivity contribution in [2.24, 2.45) is 22.7 Å². The highest BCUT2D eigenvalue weighted by Gasteiger charge is 2.84. The van der Waals surface area contributed by atoms with E-state index in [2.05, 4.69) is 0 Å². The van der Waals surface area contributed by atoms with Crippen LogP contribution in [0.15, 0.2) is 34.1 Å². The Hall–Kier alpha value is -3.06. The van der Waals surface area contributed by atoms with E-state index in [-0.39, 0.29) is 24.2 Å². The van der Waals surface area contributed by atoms with E-state index in [9.17, 15) is 39.6 Å². The van der Waals surface area contributed by atoms with Crippen molar-refractivity contribution < 1.29 is 58.6 Å². The van der Waals surface area contributed by atoms with Crippen molar-refractivity contribution in [3.63, 3.8) is 0 Å². The minimum Gasteiger partial charge on any atom is -0.504 e. The number of hydrogen-bond donors (Lipinski definition) is 4. The lowest BCUT2D eigenvalue weighted by Crippen LogP contribution is -2.78. The van der Waals surface area contributed by atoms with Gasteiger partial charge in [-0.3, -0.25) is 4.79 Å². The van der Waals surface area contributed by atoms with Gasteiger partial charge in [0.25, 0.3) is 0 Å². The summed E-state index contributed by atoms with van der Waals surface area (Å²) in [4.78, 5) is 53.0. The van der Waals surface area contributed by atoms with Gasteiger partial charge < -0.3 is 39.4 Å². The molecule has 40 heavy (non-hydrogen) atoms. The van der Waals surface area contributed by atoms with Gasteiger partial charge in [-0.15, -0.1) is 0 Å². The summed E-state index contributed by atoms with van der Waals surface area (Å²) in [6.07, 6.45) is -6.38. The summed E-state index contributed by atoms with van der Waals surface area (Å²) in [5, 5.41) is 44.0. The van der Waals surface area contributed by atoms with Crippen molar-refractivity contribution >= 4 is 23.7 Å². The summed E-state index contributed by atoms with van der Waals surface area (Å²) in [7, 11) is 1.06. The molecule has 2 aliphatic heterocycles. The first-order valence-electron chi connectivity index (χ1n) is 13.1. The number of hydrogen-bond acceptors (Lipinski definition) is 12. The molecule has 218 valence electrons. The number of aliphatic hydroxyl groups excluding tert-OH is 4. The van der Waals surface area contributed by atoms with Crippen LogP contribution < -0.4 is 0 Å². The van der Waals surface area contributed by atoms with Gasteiger partial charge in [0, 0.05) is 28.7 Å². The second kappa shape index (κ2) is 8.97. The molecule has 4 fully saturated rings. The zero-order valence-electron chi connectivity index (χ0n) is 23.1. The normalized spacial score (nSPS) is 42.2. The van der Waals surface area contributed by atoms with Crippen LogP contribution in [0.25, 0.3) is 0 Å². The molecule has 0 amide bonds. The van der Waals surface area contributed by atoms with Gasteiger partial charge >= 0.3 is 17.9 Å². The second-order valence-electron chi connectivity index (χ2n) is 11.9. The number of Topliss-reactive ketones (excluding diaryl/α,β-unsaturated/α-hetero) is 1. The van der Waals surface area contributed by atoms with Gasteiger partial charge in [-0.1, -0.05) is 12.5 Å². The fourth-order valence-electron chi connectivity index (χ4n) is 8.29. The first kappa shape index (κ1) is 28.5. The number of carbonyl (C=O) groups excluding carboxylic acids is 4. The van der Waals surface area contributed by atoms with E-state index in [1.807, 2.05) is 0 Å². The van der Waals surface area contributed by atoms with E-state index in [1.165, 1.54) is 19.9 Å². The molecule has 0 aromatic carbocycles. The van der Waals surface area contributed by atoms with Crippen LogP contribution in [0, 0.1) is 22.7 Å². The molecule has 2 heterocycles. The van der Waals surface area contributed by atoms with Crippen LogP contribution in [-0.2, 0) is 38.1 Å². The molecule has 0 radical (unpaired) electrons. The summed E-state index contributed by atoms with van der Waals surface area (Å²) >= 11 is 0. The molecule has 3 aliphatic carbocycles. The number of fused-ring (bicyclic) bond motifs is 2. The number of aliphatic hydroxyl groups is 4. The van der Waals surface area contributed by atoms with E-state index < -0.39 is 88.2 Å². The molecular weight excluding hydrogens is 528 g/mol. The Kier molecular flexibility index (Phi) is 6.38. The molecule has 2 saturated carbocycles. The highest BCUT2D eigenvalue weighted by atomic mass is 16.6. The van der Waals surface area contributed by atoms with Crippen LogP contribution in [0.5, 0.6) is 0 Å². The van der Waals surface area contributed by atoms with E-state index in [4.69, 9.17) is 18.9 Å². The topological polar surface area (TPSA) is 186 Å².